The second-order valence-corrected chi connectivity index (χ2v) is 4.12. The van der Waals surface area contributed by atoms with Crippen molar-refractivity contribution in [1.29, 1.82) is 0 Å². The molecule has 17 heavy (non-hydrogen) atoms. The van der Waals surface area contributed by atoms with E-state index in [0.717, 1.165) is 36.3 Å². The van der Waals surface area contributed by atoms with Gasteiger partial charge in [-0.15, -0.1) is 0 Å². The smallest absolute Gasteiger partial charge is 0.203 e. The van der Waals surface area contributed by atoms with Gasteiger partial charge in [-0.25, -0.2) is 0 Å². The Kier molecular flexibility index (Phi) is 6.05. The van der Waals surface area contributed by atoms with E-state index in [4.69, 9.17) is 14.2 Å². The lowest BCUT2D eigenvalue weighted by Crippen LogP contribution is -1.99. The van der Waals surface area contributed by atoms with E-state index in [1.807, 2.05) is 12.1 Å². The van der Waals surface area contributed by atoms with Gasteiger partial charge >= 0.3 is 0 Å². The third kappa shape index (κ3) is 3.46. The van der Waals surface area contributed by atoms with Gasteiger partial charge in [0.1, 0.15) is 0 Å². The summed E-state index contributed by atoms with van der Waals surface area (Å²) in [6.07, 6.45) is 3.15. The summed E-state index contributed by atoms with van der Waals surface area (Å²) in [6, 6.07) is 3.94. The van der Waals surface area contributed by atoms with Gasteiger partial charge in [-0.2, -0.15) is 12.6 Å². The maximum absolute atomic E-state index is 5.42. The largest absolute Gasteiger partial charge is 0.493 e. The van der Waals surface area contributed by atoms with Gasteiger partial charge in [0, 0.05) is 0 Å². The number of ether oxygens (including phenoxy) is 3. The molecular formula is C13H20O3S. The maximum Gasteiger partial charge on any atom is 0.203 e. The molecule has 0 fully saturated rings. The van der Waals surface area contributed by atoms with Gasteiger partial charge in [-0.3, -0.25) is 0 Å². The first-order chi connectivity index (χ1) is 8.28. The molecule has 3 nitrogen and oxygen atoms in total. The molecule has 1 rings (SSSR count). The Labute approximate surface area is 108 Å². The van der Waals surface area contributed by atoms with E-state index in [1.165, 1.54) is 0 Å². The topological polar surface area (TPSA) is 27.7 Å². The number of hydrogen-bond donors (Lipinski definition) is 1. The zero-order valence-corrected chi connectivity index (χ0v) is 11.5. The van der Waals surface area contributed by atoms with Crippen molar-refractivity contribution in [3.63, 3.8) is 0 Å². The normalized spacial score (nSPS) is 10.1. The average molecular weight is 256 g/mol. The van der Waals surface area contributed by atoms with Crippen LogP contribution in [0.3, 0.4) is 0 Å². The molecule has 0 unspecified atom stereocenters. The number of hydrogen-bond acceptors (Lipinski definition) is 4. The van der Waals surface area contributed by atoms with E-state index >= 15 is 0 Å². The summed E-state index contributed by atoms with van der Waals surface area (Å²) in [5.41, 5.74) is 1.15. The van der Waals surface area contributed by atoms with Gasteiger partial charge in [0.15, 0.2) is 11.5 Å². The molecule has 1 aromatic rings. The molecule has 0 bridgehead atoms. The van der Waals surface area contributed by atoms with Crippen LogP contribution in [-0.2, 0) is 6.42 Å². The van der Waals surface area contributed by atoms with Gasteiger partial charge < -0.3 is 14.2 Å². The summed E-state index contributed by atoms with van der Waals surface area (Å²) in [5.74, 6) is 3.04. The monoisotopic (exact) mass is 256 g/mol. The Morgan fingerprint density at radius 2 is 1.65 bits per heavy atom. The van der Waals surface area contributed by atoms with Crippen LogP contribution < -0.4 is 14.2 Å². The molecule has 0 N–H and O–H groups in total. The van der Waals surface area contributed by atoms with Crippen molar-refractivity contribution in [3.05, 3.63) is 17.7 Å². The molecule has 0 heterocycles. The molecule has 0 saturated heterocycles. The van der Waals surface area contributed by atoms with Crippen LogP contribution in [0.2, 0.25) is 0 Å². The number of methoxy groups -OCH3 is 3. The van der Waals surface area contributed by atoms with Crippen molar-refractivity contribution in [2.45, 2.75) is 19.3 Å². The molecule has 0 spiro atoms. The zero-order valence-electron chi connectivity index (χ0n) is 10.7. The van der Waals surface area contributed by atoms with E-state index in [-0.39, 0.29) is 0 Å². The van der Waals surface area contributed by atoms with Crippen molar-refractivity contribution in [1.82, 2.24) is 0 Å². The van der Waals surface area contributed by atoms with Crippen LogP contribution in [0.25, 0.3) is 0 Å². The van der Waals surface area contributed by atoms with Gasteiger partial charge in [-0.05, 0) is 36.6 Å². The van der Waals surface area contributed by atoms with Gasteiger partial charge in [0.2, 0.25) is 5.75 Å². The Balaban J connectivity index is 2.97. The lowest BCUT2D eigenvalue weighted by molar-refractivity contribution is 0.322. The first-order valence-corrected chi connectivity index (χ1v) is 6.30. The summed E-state index contributed by atoms with van der Waals surface area (Å²) >= 11 is 4.21. The number of benzene rings is 1. The third-order valence-electron chi connectivity index (χ3n) is 2.64. The first-order valence-electron chi connectivity index (χ1n) is 5.67. The highest BCUT2D eigenvalue weighted by Crippen LogP contribution is 2.40. The zero-order chi connectivity index (χ0) is 12.7. The lowest BCUT2D eigenvalue weighted by atomic mass is 10.1. The minimum atomic E-state index is 0.665. The van der Waals surface area contributed by atoms with Gasteiger partial charge in [0.05, 0.1) is 21.3 Å². The molecular weight excluding hydrogens is 236 g/mol. The number of unbranched alkanes of at least 4 members (excludes halogenated alkanes) is 1. The fourth-order valence-corrected chi connectivity index (χ4v) is 2.01. The first kappa shape index (κ1) is 14.0. The number of thiol groups is 1. The minimum Gasteiger partial charge on any atom is -0.493 e. The molecule has 0 atom stereocenters. The lowest BCUT2D eigenvalue weighted by Gasteiger charge is -2.15. The van der Waals surface area contributed by atoms with Gasteiger partial charge in [-0.1, -0.05) is 6.07 Å². The third-order valence-corrected chi connectivity index (χ3v) is 2.96. The van der Waals surface area contributed by atoms with Crippen LogP contribution in [0.4, 0.5) is 0 Å². The van der Waals surface area contributed by atoms with Crippen molar-refractivity contribution in [2.75, 3.05) is 27.1 Å². The van der Waals surface area contributed by atoms with E-state index in [9.17, 15) is 0 Å². The molecule has 0 amide bonds. The highest BCUT2D eigenvalue weighted by atomic mass is 32.1. The van der Waals surface area contributed by atoms with E-state index < -0.39 is 0 Å². The van der Waals surface area contributed by atoms with E-state index in [2.05, 4.69) is 12.6 Å². The van der Waals surface area contributed by atoms with Crippen molar-refractivity contribution < 1.29 is 14.2 Å². The minimum absolute atomic E-state index is 0.665. The Morgan fingerprint density at radius 3 is 2.18 bits per heavy atom. The molecule has 0 radical (unpaired) electrons. The Hall–Kier alpha value is -1.03. The summed E-state index contributed by atoms with van der Waals surface area (Å²) in [5, 5.41) is 0. The van der Waals surface area contributed by atoms with E-state index in [0.29, 0.717) is 11.5 Å². The Morgan fingerprint density at radius 1 is 0.941 bits per heavy atom. The van der Waals surface area contributed by atoms with Crippen molar-refractivity contribution >= 4 is 12.6 Å². The Bertz CT molecular complexity index is 353. The SMILES string of the molecule is COc1ccc(CCCCS)c(OC)c1OC. The highest BCUT2D eigenvalue weighted by Gasteiger charge is 2.14. The summed E-state index contributed by atoms with van der Waals surface area (Å²) < 4.78 is 16.0. The molecule has 1 aromatic carbocycles. The highest BCUT2D eigenvalue weighted by molar-refractivity contribution is 7.80. The average Bonchev–Trinajstić information content (AvgIpc) is 2.38. The second-order valence-electron chi connectivity index (χ2n) is 3.67. The molecule has 0 saturated carbocycles. The van der Waals surface area contributed by atoms with Crippen LogP contribution >= 0.6 is 12.6 Å². The molecule has 96 valence electrons. The standard InChI is InChI=1S/C13H20O3S/c1-14-11-8-7-10(6-4-5-9-17)12(15-2)13(11)16-3/h7-8,17H,4-6,9H2,1-3H3. The van der Waals surface area contributed by atoms with Gasteiger partial charge in [0.25, 0.3) is 0 Å². The predicted molar refractivity (Wildman–Crippen MR) is 72.9 cm³/mol. The summed E-state index contributed by atoms with van der Waals surface area (Å²) in [7, 11) is 4.90. The van der Waals surface area contributed by atoms with Crippen LogP contribution in [-0.4, -0.2) is 27.1 Å². The molecule has 0 aromatic heterocycles. The molecule has 4 heteroatoms. The second kappa shape index (κ2) is 7.33. The fourth-order valence-electron chi connectivity index (χ4n) is 1.79. The van der Waals surface area contributed by atoms with Crippen LogP contribution in [0.15, 0.2) is 12.1 Å². The van der Waals surface area contributed by atoms with Crippen LogP contribution in [0, 0.1) is 0 Å². The molecule has 0 aliphatic carbocycles. The summed E-state index contributed by atoms with van der Waals surface area (Å²) in [6.45, 7) is 0. The van der Waals surface area contributed by atoms with E-state index in [1.54, 1.807) is 21.3 Å². The quantitative estimate of drug-likeness (QED) is 0.600. The van der Waals surface area contributed by atoms with Crippen LogP contribution in [0.1, 0.15) is 18.4 Å². The fraction of sp³-hybridized carbons (Fsp3) is 0.538. The van der Waals surface area contributed by atoms with Crippen LogP contribution in [0.5, 0.6) is 17.2 Å². The van der Waals surface area contributed by atoms with Crippen molar-refractivity contribution in [3.8, 4) is 17.2 Å². The number of rotatable bonds is 7. The van der Waals surface area contributed by atoms with Crippen molar-refractivity contribution in [2.24, 2.45) is 0 Å². The number of aryl methyl sites for hydroxylation is 1. The molecule has 0 aliphatic heterocycles. The summed E-state index contributed by atoms with van der Waals surface area (Å²) in [4.78, 5) is 0. The maximum atomic E-state index is 5.42. The molecule has 0 aliphatic rings. The predicted octanol–water partition coefficient (Wildman–Crippen LogP) is 2.96.